The van der Waals surface area contributed by atoms with Crippen molar-refractivity contribution in [3.8, 4) is 0 Å². The summed E-state index contributed by atoms with van der Waals surface area (Å²) < 4.78 is 0. The molecule has 0 aliphatic heterocycles. The van der Waals surface area contributed by atoms with Gasteiger partial charge in [-0.15, -0.1) is 0 Å². The molecule has 0 aromatic heterocycles. The number of aryl methyl sites for hydroxylation is 1. The number of amides is 1. The topological polar surface area (TPSA) is 40.5 Å². The molecule has 1 N–H and O–H groups in total. The van der Waals surface area contributed by atoms with Crippen LogP contribution in [0.5, 0.6) is 0 Å². The van der Waals surface area contributed by atoms with E-state index in [2.05, 4.69) is 0 Å². The SMILES string of the molecule is C1CCCCC1.Cc1ccccc1N(C)C(=O)O. The van der Waals surface area contributed by atoms with E-state index in [1.165, 1.54) is 50.5 Å². The lowest BCUT2D eigenvalue weighted by atomic mass is 10.0. The molecule has 1 aromatic rings. The fourth-order valence-corrected chi connectivity index (χ4v) is 2.10. The van der Waals surface area contributed by atoms with Gasteiger partial charge in [0.1, 0.15) is 0 Å². The lowest BCUT2D eigenvalue weighted by molar-refractivity contribution is 0.203. The van der Waals surface area contributed by atoms with E-state index in [-0.39, 0.29) is 0 Å². The minimum atomic E-state index is -0.940. The molecule has 3 heteroatoms. The summed E-state index contributed by atoms with van der Waals surface area (Å²) in [5.41, 5.74) is 1.69. The molecule has 0 atom stereocenters. The van der Waals surface area contributed by atoms with Crippen molar-refractivity contribution < 1.29 is 9.90 Å². The first-order chi connectivity index (χ1) is 8.63. The Morgan fingerprint density at radius 3 is 1.89 bits per heavy atom. The van der Waals surface area contributed by atoms with Crippen molar-refractivity contribution in [1.29, 1.82) is 0 Å². The molecule has 0 saturated heterocycles. The molecule has 0 heterocycles. The maximum absolute atomic E-state index is 10.6. The number of benzene rings is 1. The first-order valence-corrected chi connectivity index (χ1v) is 6.65. The van der Waals surface area contributed by atoms with Gasteiger partial charge in [-0.05, 0) is 18.6 Å². The molecule has 1 aliphatic carbocycles. The molecular formula is C15H23NO2. The van der Waals surface area contributed by atoms with Crippen LogP contribution in [0.15, 0.2) is 24.3 Å². The number of carboxylic acid groups (broad SMARTS) is 1. The maximum atomic E-state index is 10.6. The van der Waals surface area contributed by atoms with Crippen LogP contribution in [0.2, 0.25) is 0 Å². The minimum Gasteiger partial charge on any atom is -0.465 e. The molecule has 0 unspecified atom stereocenters. The molecule has 100 valence electrons. The molecule has 2 rings (SSSR count). The molecule has 3 nitrogen and oxygen atoms in total. The second-order valence-corrected chi connectivity index (χ2v) is 4.75. The second kappa shape index (κ2) is 7.75. The molecule has 1 aromatic carbocycles. The van der Waals surface area contributed by atoms with Crippen LogP contribution in [-0.4, -0.2) is 18.2 Å². The van der Waals surface area contributed by atoms with Crippen molar-refractivity contribution in [3.05, 3.63) is 29.8 Å². The number of hydrogen-bond donors (Lipinski definition) is 1. The number of nitrogens with zero attached hydrogens (tertiary/aromatic N) is 1. The zero-order valence-electron chi connectivity index (χ0n) is 11.4. The molecule has 0 radical (unpaired) electrons. The Morgan fingerprint density at radius 1 is 1.06 bits per heavy atom. The Morgan fingerprint density at radius 2 is 1.50 bits per heavy atom. The third-order valence-corrected chi connectivity index (χ3v) is 3.26. The monoisotopic (exact) mass is 249 g/mol. The number of carbonyl (C=O) groups is 1. The van der Waals surface area contributed by atoms with Crippen molar-refractivity contribution in [2.75, 3.05) is 11.9 Å². The highest BCUT2D eigenvalue weighted by Crippen LogP contribution is 2.17. The van der Waals surface area contributed by atoms with E-state index in [1.54, 1.807) is 6.07 Å². The highest BCUT2D eigenvalue weighted by Gasteiger charge is 2.09. The van der Waals surface area contributed by atoms with Gasteiger partial charge in [0, 0.05) is 12.7 Å². The average Bonchev–Trinajstić information content (AvgIpc) is 2.41. The van der Waals surface area contributed by atoms with Gasteiger partial charge in [-0.3, -0.25) is 4.90 Å². The lowest BCUT2D eigenvalue weighted by Gasteiger charge is -2.14. The Hall–Kier alpha value is -1.51. The van der Waals surface area contributed by atoms with E-state index in [9.17, 15) is 4.79 Å². The quantitative estimate of drug-likeness (QED) is 0.798. The van der Waals surface area contributed by atoms with E-state index in [0.29, 0.717) is 0 Å². The lowest BCUT2D eigenvalue weighted by Crippen LogP contribution is -2.24. The average molecular weight is 249 g/mol. The van der Waals surface area contributed by atoms with Gasteiger partial charge in [0.25, 0.3) is 0 Å². The van der Waals surface area contributed by atoms with Crippen LogP contribution in [0, 0.1) is 6.92 Å². The van der Waals surface area contributed by atoms with Gasteiger partial charge in [0.2, 0.25) is 0 Å². The van der Waals surface area contributed by atoms with Crippen LogP contribution >= 0.6 is 0 Å². The van der Waals surface area contributed by atoms with Crippen molar-refractivity contribution in [3.63, 3.8) is 0 Å². The van der Waals surface area contributed by atoms with Crippen molar-refractivity contribution in [2.24, 2.45) is 0 Å². The Bertz CT molecular complexity index is 361. The first-order valence-electron chi connectivity index (χ1n) is 6.65. The van der Waals surface area contributed by atoms with Gasteiger partial charge in [-0.25, -0.2) is 4.79 Å². The standard InChI is InChI=1S/C9H11NO2.C6H12/c1-7-5-3-4-6-8(7)10(2)9(11)12;1-2-4-6-5-3-1/h3-6H,1-2H3,(H,11,12);1-6H2. The zero-order chi connectivity index (χ0) is 13.4. The molecule has 1 amide bonds. The van der Waals surface area contributed by atoms with Crippen LogP contribution in [0.4, 0.5) is 10.5 Å². The number of rotatable bonds is 1. The van der Waals surface area contributed by atoms with Gasteiger partial charge >= 0.3 is 6.09 Å². The molecule has 18 heavy (non-hydrogen) atoms. The second-order valence-electron chi connectivity index (χ2n) is 4.75. The predicted octanol–water partition coefficient (Wildman–Crippen LogP) is 4.45. The van der Waals surface area contributed by atoms with E-state index in [4.69, 9.17) is 5.11 Å². The van der Waals surface area contributed by atoms with E-state index in [1.807, 2.05) is 25.1 Å². The van der Waals surface area contributed by atoms with Gasteiger partial charge < -0.3 is 5.11 Å². The Balaban J connectivity index is 0.000000225. The maximum Gasteiger partial charge on any atom is 0.411 e. The third-order valence-electron chi connectivity index (χ3n) is 3.26. The largest absolute Gasteiger partial charge is 0.465 e. The number of para-hydroxylation sites is 1. The van der Waals surface area contributed by atoms with Gasteiger partial charge in [-0.1, -0.05) is 56.7 Å². The van der Waals surface area contributed by atoms with Crippen LogP contribution in [0.1, 0.15) is 44.1 Å². The predicted molar refractivity (Wildman–Crippen MR) is 75.3 cm³/mol. The summed E-state index contributed by atoms with van der Waals surface area (Å²) >= 11 is 0. The molecule has 1 saturated carbocycles. The minimum absolute atomic E-state index is 0.727. The summed E-state index contributed by atoms with van der Waals surface area (Å²) in [7, 11) is 1.53. The van der Waals surface area contributed by atoms with Crippen LogP contribution in [0.25, 0.3) is 0 Å². The fourth-order valence-electron chi connectivity index (χ4n) is 2.10. The molecular weight excluding hydrogens is 226 g/mol. The molecule has 1 fully saturated rings. The summed E-state index contributed by atoms with van der Waals surface area (Å²) in [5, 5.41) is 8.69. The summed E-state index contributed by atoms with van der Waals surface area (Å²) in [4.78, 5) is 11.8. The van der Waals surface area contributed by atoms with E-state index >= 15 is 0 Å². The number of hydrogen-bond acceptors (Lipinski definition) is 1. The Labute approximate surface area is 109 Å². The first kappa shape index (κ1) is 14.6. The van der Waals surface area contributed by atoms with Crippen LogP contribution in [0.3, 0.4) is 0 Å². The summed E-state index contributed by atoms with van der Waals surface area (Å²) in [6.07, 6.45) is 8.06. The fraction of sp³-hybridized carbons (Fsp3) is 0.533. The van der Waals surface area contributed by atoms with E-state index < -0.39 is 6.09 Å². The summed E-state index contributed by atoms with van der Waals surface area (Å²) in [6, 6.07) is 7.37. The van der Waals surface area contributed by atoms with Crippen LogP contribution in [-0.2, 0) is 0 Å². The van der Waals surface area contributed by atoms with Gasteiger partial charge in [0.05, 0.1) is 0 Å². The Kier molecular flexibility index (Phi) is 6.26. The number of anilines is 1. The third kappa shape index (κ3) is 4.78. The zero-order valence-corrected chi connectivity index (χ0v) is 11.4. The van der Waals surface area contributed by atoms with Gasteiger partial charge in [-0.2, -0.15) is 0 Å². The van der Waals surface area contributed by atoms with Crippen molar-refractivity contribution in [1.82, 2.24) is 0 Å². The summed E-state index contributed by atoms with van der Waals surface area (Å²) in [5.74, 6) is 0. The van der Waals surface area contributed by atoms with Crippen molar-refractivity contribution >= 4 is 11.8 Å². The van der Waals surface area contributed by atoms with Crippen LogP contribution < -0.4 is 4.90 Å². The molecule has 0 bridgehead atoms. The molecule has 1 aliphatic rings. The smallest absolute Gasteiger partial charge is 0.411 e. The normalized spacial score (nSPS) is 14.3. The molecule has 0 spiro atoms. The van der Waals surface area contributed by atoms with E-state index in [0.717, 1.165) is 11.3 Å². The summed E-state index contributed by atoms with van der Waals surface area (Å²) in [6.45, 7) is 1.88. The van der Waals surface area contributed by atoms with Gasteiger partial charge in [0.15, 0.2) is 0 Å². The van der Waals surface area contributed by atoms with Crippen molar-refractivity contribution in [2.45, 2.75) is 45.4 Å². The highest BCUT2D eigenvalue weighted by atomic mass is 16.4. The highest BCUT2D eigenvalue weighted by molar-refractivity contribution is 5.86.